The lowest BCUT2D eigenvalue weighted by molar-refractivity contribution is 0.612. The second-order valence-corrected chi connectivity index (χ2v) is 7.75. The third-order valence-corrected chi connectivity index (χ3v) is 5.44. The summed E-state index contributed by atoms with van der Waals surface area (Å²) in [5, 5.41) is 7.34. The summed E-state index contributed by atoms with van der Waals surface area (Å²) in [5.74, 6) is 7.31. The zero-order valence-corrected chi connectivity index (χ0v) is 17.6. The van der Waals surface area contributed by atoms with Crippen LogP contribution in [0.5, 0.6) is 0 Å². The minimum atomic E-state index is -0.128. The van der Waals surface area contributed by atoms with E-state index in [0.29, 0.717) is 5.71 Å². The molecule has 0 bridgehead atoms. The number of benzene rings is 1. The Kier molecular flexibility index (Phi) is 6.11. The van der Waals surface area contributed by atoms with E-state index in [9.17, 15) is 0 Å². The van der Waals surface area contributed by atoms with E-state index >= 15 is 0 Å². The van der Waals surface area contributed by atoms with E-state index in [1.165, 1.54) is 0 Å². The third kappa shape index (κ3) is 4.65. The first-order valence-electron chi connectivity index (χ1n) is 10.4. The molecule has 1 aliphatic heterocycles. The summed E-state index contributed by atoms with van der Waals surface area (Å²) in [5.41, 5.74) is 11.1. The molecule has 2 aromatic heterocycles. The van der Waals surface area contributed by atoms with E-state index in [-0.39, 0.29) is 12.1 Å². The lowest BCUT2D eigenvalue weighted by Crippen LogP contribution is -2.14. The van der Waals surface area contributed by atoms with E-state index in [0.717, 1.165) is 59.1 Å². The Balaban J connectivity index is 1.44. The maximum absolute atomic E-state index is 5.87. The predicted octanol–water partition coefficient (Wildman–Crippen LogP) is 3.18. The quantitative estimate of drug-likeness (QED) is 0.175. The van der Waals surface area contributed by atoms with Gasteiger partial charge in [-0.05, 0) is 49.1 Å². The SMILES string of the molecule is C=C(/C=C\C(=N/N)c1cnc([C@@H]2CCCN2)[nH]1)c1ccc(-c2cnc([C@H](C)N)[nH]2)cc1. The number of hydrazone groups is 1. The second kappa shape index (κ2) is 9.11. The minimum absolute atomic E-state index is 0.128. The Hall–Kier alpha value is -3.49. The number of nitrogens with one attached hydrogen (secondary N) is 3. The molecule has 0 saturated carbocycles. The van der Waals surface area contributed by atoms with Gasteiger partial charge >= 0.3 is 0 Å². The van der Waals surface area contributed by atoms with Crippen LogP contribution in [0.25, 0.3) is 16.8 Å². The molecule has 2 atom stereocenters. The summed E-state index contributed by atoms with van der Waals surface area (Å²) in [4.78, 5) is 15.4. The fourth-order valence-corrected chi connectivity index (χ4v) is 3.62. The molecule has 0 radical (unpaired) electrons. The molecule has 1 aliphatic rings. The largest absolute Gasteiger partial charge is 0.341 e. The Morgan fingerprint density at radius 3 is 2.65 bits per heavy atom. The summed E-state index contributed by atoms with van der Waals surface area (Å²) in [6, 6.07) is 8.24. The Bertz CT molecular complexity index is 1090. The Morgan fingerprint density at radius 2 is 2.00 bits per heavy atom. The van der Waals surface area contributed by atoms with Gasteiger partial charge in [-0.25, -0.2) is 9.97 Å². The minimum Gasteiger partial charge on any atom is -0.341 e. The highest BCUT2D eigenvalue weighted by Gasteiger charge is 2.19. The molecule has 0 amide bonds. The van der Waals surface area contributed by atoms with Gasteiger partial charge in [0.1, 0.15) is 17.4 Å². The van der Waals surface area contributed by atoms with Gasteiger partial charge in [-0.3, -0.25) is 0 Å². The van der Waals surface area contributed by atoms with Gasteiger partial charge in [-0.1, -0.05) is 36.9 Å². The molecule has 0 aliphatic carbocycles. The lowest BCUT2D eigenvalue weighted by atomic mass is 10.0. The van der Waals surface area contributed by atoms with E-state index in [4.69, 9.17) is 11.6 Å². The number of aromatic amines is 2. The summed E-state index contributed by atoms with van der Waals surface area (Å²) in [6.07, 6.45) is 9.55. The fourth-order valence-electron chi connectivity index (χ4n) is 3.62. The molecule has 3 heterocycles. The zero-order chi connectivity index (χ0) is 21.8. The number of imidazole rings is 2. The Labute approximate surface area is 181 Å². The summed E-state index contributed by atoms with van der Waals surface area (Å²) in [7, 11) is 0. The first-order chi connectivity index (χ1) is 15.0. The predicted molar refractivity (Wildman–Crippen MR) is 124 cm³/mol. The molecule has 4 rings (SSSR count). The van der Waals surface area contributed by atoms with Crippen molar-refractivity contribution in [1.82, 2.24) is 25.3 Å². The average Bonchev–Trinajstić information content (AvgIpc) is 3.55. The molecule has 7 N–H and O–H groups in total. The first kappa shape index (κ1) is 20.8. The molecule has 1 saturated heterocycles. The van der Waals surface area contributed by atoms with Crippen LogP contribution in [0.2, 0.25) is 0 Å². The summed E-state index contributed by atoms with van der Waals surface area (Å²) in [6.45, 7) is 7.09. The van der Waals surface area contributed by atoms with Gasteiger partial charge in [0.2, 0.25) is 0 Å². The van der Waals surface area contributed by atoms with Gasteiger partial charge in [-0.2, -0.15) is 5.10 Å². The molecular weight excluding hydrogens is 388 g/mol. The van der Waals surface area contributed by atoms with Crippen molar-refractivity contribution in [3.63, 3.8) is 0 Å². The second-order valence-electron chi connectivity index (χ2n) is 7.75. The molecule has 3 aromatic rings. The molecule has 1 fully saturated rings. The van der Waals surface area contributed by atoms with Crippen LogP contribution in [-0.4, -0.2) is 32.2 Å². The van der Waals surface area contributed by atoms with Crippen molar-refractivity contribution in [2.75, 3.05) is 6.54 Å². The number of hydrogen-bond donors (Lipinski definition) is 5. The van der Waals surface area contributed by atoms with Crippen molar-refractivity contribution < 1.29 is 0 Å². The van der Waals surface area contributed by atoms with Gasteiger partial charge in [0.25, 0.3) is 0 Å². The first-order valence-corrected chi connectivity index (χ1v) is 10.4. The van der Waals surface area contributed by atoms with E-state index in [1.807, 2.05) is 43.3 Å². The fraction of sp³-hybridized carbons (Fsp3) is 0.261. The zero-order valence-electron chi connectivity index (χ0n) is 17.6. The van der Waals surface area contributed by atoms with Gasteiger partial charge < -0.3 is 26.9 Å². The van der Waals surface area contributed by atoms with Crippen LogP contribution < -0.4 is 16.9 Å². The average molecular weight is 417 g/mol. The third-order valence-electron chi connectivity index (χ3n) is 5.44. The Morgan fingerprint density at radius 1 is 1.19 bits per heavy atom. The topological polar surface area (TPSA) is 134 Å². The molecule has 1 aromatic carbocycles. The molecule has 0 spiro atoms. The monoisotopic (exact) mass is 416 g/mol. The number of aromatic nitrogens is 4. The number of nitrogens with two attached hydrogens (primary N) is 2. The summed E-state index contributed by atoms with van der Waals surface area (Å²) >= 11 is 0. The number of allylic oxidation sites excluding steroid dienone is 3. The number of rotatable bonds is 7. The maximum atomic E-state index is 5.87. The van der Waals surface area contributed by atoms with Crippen LogP contribution in [-0.2, 0) is 0 Å². The van der Waals surface area contributed by atoms with Crippen molar-refractivity contribution in [2.24, 2.45) is 16.7 Å². The molecule has 8 heteroatoms. The van der Waals surface area contributed by atoms with Crippen molar-refractivity contribution in [1.29, 1.82) is 0 Å². The van der Waals surface area contributed by atoms with Crippen molar-refractivity contribution in [2.45, 2.75) is 31.8 Å². The van der Waals surface area contributed by atoms with Gasteiger partial charge in [0.15, 0.2) is 0 Å². The number of hydrogen-bond acceptors (Lipinski definition) is 6. The standard InChI is InChI=1S/C23H28N8/c1-14(16-6-8-17(9-7-16)20-12-27-22(29-20)15(2)24)5-10-18(31-25)21-13-28-23(30-21)19-4-3-11-26-19/h5-10,12-13,15,19,26H,1,3-4,11,24-25H2,2H3,(H,27,29)(H,28,30)/b10-5-,31-18+/t15-,19-/m0/s1. The van der Waals surface area contributed by atoms with Crippen LogP contribution in [0.3, 0.4) is 0 Å². The molecule has 0 unspecified atom stereocenters. The highest BCUT2D eigenvalue weighted by Crippen LogP contribution is 2.23. The van der Waals surface area contributed by atoms with Gasteiger partial charge in [-0.15, -0.1) is 0 Å². The van der Waals surface area contributed by atoms with Gasteiger partial charge in [0.05, 0.1) is 35.9 Å². The highest BCUT2D eigenvalue weighted by atomic mass is 15.1. The van der Waals surface area contributed by atoms with Gasteiger partial charge in [0, 0.05) is 0 Å². The molecule has 31 heavy (non-hydrogen) atoms. The van der Waals surface area contributed by atoms with Crippen LogP contribution in [0.4, 0.5) is 0 Å². The molecule has 160 valence electrons. The van der Waals surface area contributed by atoms with E-state index in [1.54, 1.807) is 12.4 Å². The van der Waals surface area contributed by atoms with E-state index in [2.05, 4.69) is 36.9 Å². The maximum Gasteiger partial charge on any atom is 0.123 e. The lowest BCUT2D eigenvalue weighted by Gasteiger charge is -2.05. The van der Waals surface area contributed by atoms with Crippen molar-refractivity contribution in [3.05, 3.63) is 78.3 Å². The molecule has 8 nitrogen and oxygen atoms in total. The van der Waals surface area contributed by atoms with Crippen LogP contribution in [0.1, 0.15) is 54.8 Å². The van der Waals surface area contributed by atoms with Crippen LogP contribution in [0.15, 0.2) is 60.5 Å². The molecular formula is C23H28N8. The van der Waals surface area contributed by atoms with E-state index < -0.39 is 0 Å². The highest BCUT2D eigenvalue weighted by molar-refractivity contribution is 6.08. The number of H-pyrrole nitrogens is 2. The van der Waals surface area contributed by atoms with Crippen molar-refractivity contribution >= 4 is 11.3 Å². The number of nitrogens with zero attached hydrogens (tertiary/aromatic N) is 3. The van der Waals surface area contributed by atoms with Crippen LogP contribution >= 0.6 is 0 Å². The normalized spacial score (nSPS) is 18.0. The summed E-state index contributed by atoms with van der Waals surface area (Å²) < 4.78 is 0. The smallest absolute Gasteiger partial charge is 0.123 e. The van der Waals surface area contributed by atoms with Crippen LogP contribution in [0, 0.1) is 0 Å². The van der Waals surface area contributed by atoms with Crippen molar-refractivity contribution in [3.8, 4) is 11.3 Å².